The Morgan fingerprint density at radius 1 is 1.21 bits per heavy atom. The number of likely N-dealkylation sites (tertiary alicyclic amines) is 1. The third-order valence-corrected chi connectivity index (χ3v) is 5.20. The Morgan fingerprint density at radius 3 is 2.75 bits per heavy atom. The molecule has 3 rings (SSSR count). The fourth-order valence-electron chi connectivity index (χ4n) is 3.95. The summed E-state index contributed by atoms with van der Waals surface area (Å²) in [5.41, 5.74) is 1.80. The summed E-state index contributed by atoms with van der Waals surface area (Å²) in [6.45, 7) is 2.78. The van der Waals surface area contributed by atoms with Crippen LogP contribution in [0.4, 0.5) is 0 Å². The molecule has 2 heterocycles. The van der Waals surface area contributed by atoms with E-state index in [2.05, 4.69) is 10.3 Å². The van der Waals surface area contributed by atoms with Crippen molar-refractivity contribution in [3.63, 3.8) is 0 Å². The van der Waals surface area contributed by atoms with Crippen molar-refractivity contribution < 1.29 is 9.59 Å². The van der Waals surface area contributed by atoms with Gasteiger partial charge in [0.25, 0.3) is 0 Å². The molecule has 2 aliphatic rings. The Bertz CT molecular complexity index is 596. The minimum atomic E-state index is -0.0589. The van der Waals surface area contributed by atoms with Gasteiger partial charge in [0.05, 0.1) is 24.0 Å². The minimum Gasteiger partial charge on any atom is -0.351 e. The van der Waals surface area contributed by atoms with E-state index in [1.807, 2.05) is 23.1 Å². The zero-order valence-electron chi connectivity index (χ0n) is 14.5. The quantitative estimate of drug-likeness (QED) is 0.903. The molecule has 1 aromatic rings. The molecule has 2 fully saturated rings. The van der Waals surface area contributed by atoms with Crippen molar-refractivity contribution in [1.82, 2.24) is 15.2 Å². The lowest BCUT2D eigenvalue weighted by Gasteiger charge is -2.26. The van der Waals surface area contributed by atoms with Crippen LogP contribution < -0.4 is 5.32 Å². The molecule has 24 heavy (non-hydrogen) atoms. The van der Waals surface area contributed by atoms with Crippen LogP contribution in [0.2, 0.25) is 0 Å². The lowest BCUT2D eigenvalue weighted by molar-refractivity contribution is -0.133. The van der Waals surface area contributed by atoms with Crippen molar-refractivity contribution in [2.45, 2.75) is 64.5 Å². The Balaban J connectivity index is 1.66. The molecule has 130 valence electrons. The summed E-state index contributed by atoms with van der Waals surface area (Å²) in [5.74, 6) is 0.813. The van der Waals surface area contributed by atoms with E-state index in [4.69, 9.17) is 0 Å². The van der Waals surface area contributed by atoms with Crippen LogP contribution >= 0.6 is 0 Å². The van der Waals surface area contributed by atoms with Gasteiger partial charge in [-0.25, -0.2) is 0 Å². The van der Waals surface area contributed by atoms with Gasteiger partial charge in [0.15, 0.2) is 0 Å². The predicted molar refractivity (Wildman–Crippen MR) is 92.0 cm³/mol. The summed E-state index contributed by atoms with van der Waals surface area (Å²) >= 11 is 0. The normalized spacial score (nSPS) is 21.2. The zero-order chi connectivity index (χ0) is 16.9. The van der Waals surface area contributed by atoms with Crippen molar-refractivity contribution in [3.05, 3.63) is 29.6 Å². The Kier molecular flexibility index (Phi) is 5.48. The summed E-state index contributed by atoms with van der Waals surface area (Å²) in [4.78, 5) is 30.5. The maximum absolute atomic E-state index is 12.7. The van der Waals surface area contributed by atoms with E-state index in [1.165, 1.54) is 32.6 Å². The van der Waals surface area contributed by atoms with Crippen LogP contribution in [0.25, 0.3) is 0 Å². The first-order valence-electron chi connectivity index (χ1n) is 9.13. The number of hydrogen-bond donors (Lipinski definition) is 1. The topological polar surface area (TPSA) is 62.3 Å². The molecule has 0 radical (unpaired) electrons. The highest BCUT2D eigenvalue weighted by Gasteiger charge is 2.32. The van der Waals surface area contributed by atoms with E-state index in [0.717, 1.165) is 30.8 Å². The van der Waals surface area contributed by atoms with Crippen LogP contribution in [-0.4, -0.2) is 28.2 Å². The Morgan fingerprint density at radius 2 is 2.00 bits per heavy atom. The molecule has 1 atom stereocenters. The fraction of sp³-hybridized carbons (Fsp3) is 0.632. The number of carbonyl (C=O) groups is 2. The molecule has 5 nitrogen and oxygen atoms in total. The van der Waals surface area contributed by atoms with Gasteiger partial charge in [0, 0.05) is 19.9 Å². The van der Waals surface area contributed by atoms with Gasteiger partial charge in [0.1, 0.15) is 0 Å². The van der Waals surface area contributed by atoms with Gasteiger partial charge < -0.3 is 10.2 Å². The van der Waals surface area contributed by atoms with Gasteiger partial charge in [-0.2, -0.15) is 0 Å². The average Bonchev–Trinajstić information content (AvgIpc) is 3.24. The summed E-state index contributed by atoms with van der Waals surface area (Å²) in [6, 6.07) is 5.98. The number of rotatable bonds is 5. The molecule has 0 aromatic carbocycles. The van der Waals surface area contributed by atoms with Crippen LogP contribution in [0, 0.1) is 5.92 Å². The molecular formula is C19H27N3O2. The molecule has 1 saturated heterocycles. The molecule has 0 unspecified atom stereocenters. The van der Waals surface area contributed by atoms with E-state index in [0.29, 0.717) is 24.8 Å². The maximum Gasteiger partial charge on any atom is 0.223 e. The summed E-state index contributed by atoms with van der Waals surface area (Å²) in [5, 5.41) is 2.78. The van der Waals surface area contributed by atoms with E-state index in [9.17, 15) is 9.59 Å². The second-order valence-corrected chi connectivity index (χ2v) is 7.06. The summed E-state index contributed by atoms with van der Waals surface area (Å²) in [7, 11) is 0. The monoisotopic (exact) mass is 329 g/mol. The first-order chi connectivity index (χ1) is 11.6. The molecule has 1 aliphatic carbocycles. The number of aromatic nitrogens is 1. The number of hydrogen-bond acceptors (Lipinski definition) is 3. The van der Waals surface area contributed by atoms with Crippen molar-refractivity contribution >= 4 is 11.8 Å². The molecule has 1 N–H and O–H groups in total. The van der Waals surface area contributed by atoms with Gasteiger partial charge in [-0.3, -0.25) is 14.6 Å². The Hall–Kier alpha value is -1.91. The molecule has 0 bridgehead atoms. The summed E-state index contributed by atoms with van der Waals surface area (Å²) < 4.78 is 0. The molecule has 1 aromatic heterocycles. The SMILES string of the molecule is CC(=O)NCc1cccc([C@H]2CCCN2C(=O)CC2CCCC2)n1. The third kappa shape index (κ3) is 4.13. The van der Waals surface area contributed by atoms with Crippen LogP contribution in [0.3, 0.4) is 0 Å². The molecule has 2 amide bonds. The van der Waals surface area contributed by atoms with Crippen molar-refractivity contribution in [2.75, 3.05) is 6.54 Å². The van der Waals surface area contributed by atoms with Crippen LogP contribution in [0.15, 0.2) is 18.2 Å². The molecule has 0 spiro atoms. The van der Waals surface area contributed by atoms with Gasteiger partial charge in [-0.15, -0.1) is 0 Å². The minimum absolute atomic E-state index is 0.0589. The average molecular weight is 329 g/mol. The highest BCUT2D eigenvalue weighted by Crippen LogP contribution is 2.34. The second-order valence-electron chi connectivity index (χ2n) is 7.06. The van der Waals surface area contributed by atoms with Gasteiger partial charge in [-0.1, -0.05) is 18.9 Å². The van der Waals surface area contributed by atoms with Crippen LogP contribution in [0.5, 0.6) is 0 Å². The highest BCUT2D eigenvalue weighted by molar-refractivity contribution is 5.77. The predicted octanol–water partition coefficient (Wildman–Crippen LogP) is 2.96. The summed E-state index contributed by atoms with van der Waals surface area (Å²) in [6.07, 6.45) is 7.67. The molecule has 1 saturated carbocycles. The third-order valence-electron chi connectivity index (χ3n) is 5.20. The number of nitrogens with one attached hydrogen (secondary N) is 1. The van der Waals surface area contributed by atoms with Crippen molar-refractivity contribution in [1.29, 1.82) is 0 Å². The van der Waals surface area contributed by atoms with Crippen molar-refractivity contribution in [3.8, 4) is 0 Å². The van der Waals surface area contributed by atoms with Crippen LogP contribution in [0.1, 0.15) is 69.3 Å². The van der Waals surface area contributed by atoms with E-state index >= 15 is 0 Å². The zero-order valence-corrected chi connectivity index (χ0v) is 14.5. The fourth-order valence-corrected chi connectivity index (χ4v) is 3.95. The maximum atomic E-state index is 12.7. The van der Waals surface area contributed by atoms with E-state index < -0.39 is 0 Å². The second kappa shape index (κ2) is 7.77. The van der Waals surface area contributed by atoms with Crippen molar-refractivity contribution in [2.24, 2.45) is 5.92 Å². The number of amides is 2. The van der Waals surface area contributed by atoms with Crippen LogP contribution in [-0.2, 0) is 16.1 Å². The van der Waals surface area contributed by atoms with E-state index in [-0.39, 0.29) is 11.9 Å². The lowest BCUT2D eigenvalue weighted by atomic mass is 10.0. The number of carbonyl (C=O) groups excluding carboxylic acids is 2. The van der Waals surface area contributed by atoms with Gasteiger partial charge >= 0.3 is 0 Å². The van der Waals surface area contributed by atoms with Gasteiger partial charge in [-0.05, 0) is 43.7 Å². The standard InChI is InChI=1S/C19H27N3O2/c1-14(23)20-13-16-8-4-9-17(21-16)18-10-5-11-22(18)19(24)12-15-6-2-3-7-15/h4,8-9,15,18H,2-3,5-7,10-13H2,1H3,(H,20,23)/t18-/m1/s1. The first kappa shape index (κ1) is 16.9. The smallest absolute Gasteiger partial charge is 0.223 e. The highest BCUT2D eigenvalue weighted by atomic mass is 16.2. The largest absolute Gasteiger partial charge is 0.351 e. The lowest BCUT2D eigenvalue weighted by Crippen LogP contribution is -2.32. The van der Waals surface area contributed by atoms with Gasteiger partial charge in [0.2, 0.25) is 11.8 Å². The Labute approximate surface area is 143 Å². The first-order valence-corrected chi connectivity index (χ1v) is 9.13. The molecular weight excluding hydrogens is 302 g/mol. The number of pyridine rings is 1. The molecule has 5 heteroatoms. The molecule has 1 aliphatic heterocycles. The van der Waals surface area contributed by atoms with E-state index in [1.54, 1.807) is 0 Å². The number of nitrogens with zero attached hydrogens (tertiary/aromatic N) is 2.